The summed E-state index contributed by atoms with van der Waals surface area (Å²) < 4.78 is 8.14. The number of nitrogens with one attached hydrogen (secondary N) is 1. The van der Waals surface area contributed by atoms with E-state index in [4.69, 9.17) is 17.0 Å². The minimum atomic E-state index is 0.439. The number of hydrogen-bond donors (Lipinski definition) is 1. The summed E-state index contributed by atoms with van der Waals surface area (Å²) in [5, 5.41) is 11.5. The zero-order valence-electron chi connectivity index (χ0n) is 13.2. The second kappa shape index (κ2) is 7.11. The molecule has 0 saturated heterocycles. The Balaban J connectivity index is 1.96. The summed E-state index contributed by atoms with van der Waals surface area (Å²) >= 11 is 8.75. The maximum atomic E-state index is 5.28. The molecule has 0 atom stereocenters. The van der Waals surface area contributed by atoms with Gasteiger partial charge in [0.2, 0.25) is 4.77 Å². The lowest BCUT2D eigenvalue weighted by Gasteiger charge is -2.04. The molecule has 0 fully saturated rings. The number of aromatic amines is 1. The second-order valence-corrected chi connectivity index (χ2v) is 6.41. The summed E-state index contributed by atoms with van der Waals surface area (Å²) in [6, 6.07) is 13.8. The van der Waals surface area contributed by atoms with Gasteiger partial charge >= 0.3 is 0 Å². The third-order valence-corrected chi connectivity index (χ3v) is 4.34. The van der Waals surface area contributed by atoms with Crippen LogP contribution in [-0.4, -0.2) is 28.2 Å². The Morgan fingerprint density at radius 1 is 1.25 bits per heavy atom. The Labute approximate surface area is 153 Å². The van der Waals surface area contributed by atoms with E-state index in [9.17, 15) is 0 Å². The van der Waals surface area contributed by atoms with E-state index in [1.165, 1.54) is 5.56 Å². The van der Waals surface area contributed by atoms with Crippen LogP contribution >= 0.6 is 28.1 Å². The highest BCUT2D eigenvalue weighted by Gasteiger charge is 2.08. The van der Waals surface area contributed by atoms with Gasteiger partial charge in [0, 0.05) is 5.56 Å². The second-order valence-electron chi connectivity index (χ2n) is 5.17. The molecule has 0 spiro atoms. The minimum absolute atomic E-state index is 0.439. The standard InChI is InChI=1S/C17H15BrN4OS/c1-11-3-6-13(7-4-11)16-20-21-17(24)22(16)19-10-12-5-8-15(23-2)14(18)9-12/h3-10H,1-2H3,(H,21,24)/b19-10+. The Hall–Kier alpha value is -2.25. The number of rotatable bonds is 4. The van der Waals surface area contributed by atoms with Crippen molar-refractivity contribution in [2.24, 2.45) is 5.10 Å². The molecule has 5 nitrogen and oxygen atoms in total. The third-order valence-electron chi connectivity index (χ3n) is 3.46. The molecule has 1 heterocycles. The predicted octanol–water partition coefficient (Wildman–Crippen LogP) is 4.57. The normalized spacial score (nSPS) is 11.1. The minimum Gasteiger partial charge on any atom is -0.496 e. The SMILES string of the molecule is COc1ccc(/C=N/n2c(-c3ccc(C)cc3)n[nH]c2=S)cc1Br. The largest absolute Gasteiger partial charge is 0.496 e. The van der Waals surface area contributed by atoms with Crippen molar-refractivity contribution in [1.82, 2.24) is 14.9 Å². The summed E-state index contributed by atoms with van der Waals surface area (Å²) in [6.07, 6.45) is 1.73. The molecule has 3 rings (SSSR count). The summed E-state index contributed by atoms with van der Waals surface area (Å²) in [5.74, 6) is 1.44. The van der Waals surface area contributed by atoms with E-state index in [1.807, 2.05) is 49.4 Å². The molecule has 1 aromatic heterocycles. The fraction of sp³-hybridized carbons (Fsp3) is 0.118. The molecule has 122 valence electrons. The maximum Gasteiger partial charge on any atom is 0.216 e. The van der Waals surface area contributed by atoms with Gasteiger partial charge in [0.1, 0.15) is 5.75 Å². The Kier molecular flexibility index (Phi) is 4.92. The third kappa shape index (κ3) is 3.47. The summed E-state index contributed by atoms with van der Waals surface area (Å²) in [6.45, 7) is 2.04. The molecule has 3 aromatic rings. The van der Waals surface area contributed by atoms with Crippen molar-refractivity contribution in [3.8, 4) is 17.1 Å². The van der Waals surface area contributed by atoms with Crippen LogP contribution in [-0.2, 0) is 0 Å². The van der Waals surface area contributed by atoms with Gasteiger partial charge in [-0.2, -0.15) is 14.9 Å². The van der Waals surface area contributed by atoms with Crippen LogP contribution in [0.1, 0.15) is 11.1 Å². The Morgan fingerprint density at radius 2 is 2.00 bits per heavy atom. The first-order valence-electron chi connectivity index (χ1n) is 7.21. The molecule has 0 unspecified atom stereocenters. The highest BCUT2D eigenvalue weighted by atomic mass is 79.9. The van der Waals surface area contributed by atoms with Gasteiger partial charge in [-0.25, -0.2) is 5.10 Å². The van der Waals surface area contributed by atoms with Gasteiger partial charge in [0.15, 0.2) is 5.82 Å². The van der Waals surface area contributed by atoms with Crippen molar-refractivity contribution in [2.45, 2.75) is 6.92 Å². The Morgan fingerprint density at radius 3 is 2.67 bits per heavy atom. The van der Waals surface area contributed by atoms with Crippen LogP contribution in [0.5, 0.6) is 5.75 Å². The van der Waals surface area contributed by atoms with E-state index in [0.29, 0.717) is 10.6 Å². The fourth-order valence-electron chi connectivity index (χ4n) is 2.18. The molecule has 0 aliphatic heterocycles. The van der Waals surface area contributed by atoms with Crippen molar-refractivity contribution in [1.29, 1.82) is 0 Å². The van der Waals surface area contributed by atoms with E-state index in [2.05, 4.69) is 31.2 Å². The molecule has 2 aromatic carbocycles. The van der Waals surface area contributed by atoms with Gasteiger partial charge in [-0.15, -0.1) is 0 Å². The van der Waals surface area contributed by atoms with Gasteiger partial charge in [-0.05, 0) is 58.8 Å². The summed E-state index contributed by atoms with van der Waals surface area (Å²) in [5.41, 5.74) is 3.05. The monoisotopic (exact) mass is 402 g/mol. The first-order valence-corrected chi connectivity index (χ1v) is 8.41. The number of hydrogen-bond acceptors (Lipinski definition) is 4. The van der Waals surface area contributed by atoms with Crippen LogP contribution < -0.4 is 4.74 Å². The van der Waals surface area contributed by atoms with Crippen molar-refractivity contribution < 1.29 is 4.74 Å². The lowest BCUT2D eigenvalue weighted by Crippen LogP contribution is -1.95. The smallest absolute Gasteiger partial charge is 0.216 e. The van der Waals surface area contributed by atoms with Gasteiger partial charge < -0.3 is 4.74 Å². The quantitative estimate of drug-likeness (QED) is 0.513. The van der Waals surface area contributed by atoms with E-state index in [1.54, 1.807) is 18.0 Å². The van der Waals surface area contributed by atoms with E-state index < -0.39 is 0 Å². The summed E-state index contributed by atoms with van der Waals surface area (Å²) in [4.78, 5) is 0. The first kappa shape index (κ1) is 16.6. The maximum absolute atomic E-state index is 5.28. The van der Waals surface area contributed by atoms with Crippen LogP contribution in [0.25, 0.3) is 11.4 Å². The number of benzene rings is 2. The first-order chi connectivity index (χ1) is 11.6. The van der Waals surface area contributed by atoms with Crippen molar-refractivity contribution in [2.75, 3.05) is 7.11 Å². The molecule has 7 heteroatoms. The molecule has 0 radical (unpaired) electrons. The van der Waals surface area contributed by atoms with Crippen LogP contribution in [0.4, 0.5) is 0 Å². The molecular weight excluding hydrogens is 388 g/mol. The van der Waals surface area contributed by atoms with Gasteiger partial charge in [-0.3, -0.25) is 0 Å². The van der Waals surface area contributed by atoms with Gasteiger partial charge in [-0.1, -0.05) is 29.8 Å². The van der Waals surface area contributed by atoms with Crippen LogP contribution in [0.2, 0.25) is 0 Å². The van der Waals surface area contributed by atoms with Crippen LogP contribution in [0.3, 0.4) is 0 Å². The zero-order valence-corrected chi connectivity index (χ0v) is 15.6. The molecule has 24 heavy (non-hydrogen) atoms. The van der Waals surface area contributed by atoms with E-state index in [0.717, 1.165) is 21.3 Å². The van der Waals surface area contributed by atoms with Gasteiger partial charge in [0.25, 0.3) is 0 Å². The number of methoxy groups -OCH3 is 1. The predicted molar refractivity (Wildman–Crippen MR) is 101 cm³/mol. The average Bonchev–Trinajstić information content (AvgIpc) is 2.94. The molecule has 0 bridgehead atoms. The Bertz CT molecular complexity index is 944. The molecule has 0 amide bonds. The lowest BCUT2D eigenvalue weighted by molar-refractivity contribution is 0.412. The molecule has 0 aliphatic rings. The topological polar surface area (TPSA) is 55.2 Å². The summed E-state index contributed by atoms with van der Waals surface area (Å²) in [7, 11) is 1.63. The highest BCUT2D eigenvalue weighted by molar-refractivity contribution is 9.10. The number of aromatic nitrogens is 3. The fourth-order valence-corrected chi connectivity index (χ4v) is 2.91. The van der Waals surface area contributed by atoms with Gasteiger partial charge in [0.05, 0.1) is 17.8 Å². The number of halogens is 1. The average molecular weight is 403 g/mol. The lowest BCUT2D eigenvalue weighted by atomic mass is 10.1. The molecular formula is C17H15BrN4OS. The zero-order chi connectivity index (χ0) is 17.1. The van der Waals surface area contributed by atoms with Crippen molar-refractivity contribution in [3.05, 3.63) is 62.8 Å². The number of aryl methyl sites for hydroxylation is 1. The van der Waals surface area contributed by atoms with E-state index >= 15 is 0 Å². The molecule has 0 aliphatic carbocycles. The van der Waals surface area contributed by atoms with Crippen molar-refractivity contribution >= 4 is 34.4 Å². The molecule has 1 N–H and O–H groups in total. The van der Waals surface area contributed by atoms with Crippen LogP contribution in [0, 0.1) is 11.7 Å². The number of H-pyrrole nitrogens is 1. The number of ether oxygens (including phenoxy) is 1. The van der Waals surface area contributed by atoms with Crippen LogP contribution in [0.15, 0.2) is 52.0 Å². The highest BCUT2D eigenvalue weighted by Crippen LogP contribution is 2.25. The molecule has 0 saturated carbocycles. The number of nitrogens with zero attached hydrogens (tertiary/aromatic N) is 3. The van der Waals surface area contributed by atoms with E-state index in [-0.39, 0.29) is 0 Å². The van der Waals surface area contributed by atoms with Crippen molar-refractivity contribution in [3.63, 3.8) is 0 Å².